The monoisotopic (exact) mass is 501 g/mol. The molecule has 2 aromatic rings. The number of unbranched alkanes of at least 4 members (excludes halogenated alkanes) is 1. The number of halogens is 1. The van der Waals surface area contributed by atoms with Crippen LogP contribution < -0.4 is 10.6 Å². The summed E-state index contributed by atoms with van der Waals surface area (Å²) in [5, 5.41) is 14.0. The average Bonchev–Trinajstić information content (AvgIpc) is 3.37. The second kappa shape index (κ2) is 12.1. The Hall–Kier alpha value is -1.62. The lowest BCUT2D eigenvalue weighted by molar-refractivity contribution is 0.203. The summed E-state index contributed by atoms with van der Waals surface area (Å²) in [4.78, 5) is 11.7. The molecular weight excluding hydrogens is 469 g/mol. The van der Waals surface area contributed by atoms with E-state index in [4.69, 9.17) is 4.42 Å². The maximum absolute atomic E-state index is 5.32. The van der Waals surface area contributed by atoms with E-state index in [1.165, 1.54) is 19.4 Å². The highest BCUT2D eigenvalue weighted by atomic mass is 127. The van der Waals surface area contributed by atoms with Gasteiger partial charge in [-0.2, -0.15) is 0 Å². The number of nitrogens with one attached hydrogen (secondary N) is 3. The van der Waals surface area contributed by atoms with Crippen molar-refractivity contribution in [2.75, 3.05) is 26.2 Å². The van der Waals surface area contributed by atoms with E-state index in [0.717, 1.165) is 38.4 Å². The highest BCUT2D eigenvalue weighted by molar-refractivity contribution is 14.0. The summed E-state index contributed by atoms with van der Waals surface area (Å²) in [5.41, 5.74) is 0. The standard InChI is InChI=1S/C19H31N7O.HI/c1-3-5-10-26-11-8-15(9-12-26)22-19(20-4-2)21-14-17-23-18(25-24-17)16-7-6-13-27-16;/h6-7,13,15H,3-5,8-12,14H2,1-2H3,(H2,20,21,22)(H,23,24,25);1H. The van der Waals surface area contributed by atoms with Gasteiger partial charge in [0.05, 0.1) is 6.26 Å². The van der Waals surface area contributed by atoms with Crippen LogP contribution >= 0.6 is 24.0 Å². The molecule has 0 amide bonds. The first-order valence-electron chi connectivity index (χ1n) is 10.0. The number of nitrogens with zero attached hydrogens (tertiary/aromatic N) is 4. The third kappa shape index (κ3) is 6.77. The van der Waals surface area contributed by atoms with Crippen molar-refractivity contribution in [3.63, 3.8) is 0 Å². The van der Waals surface area contributed by atoms with E-state index >= 15 is 0 Å². The Bertz CT molecular complexity index is 693. The predicted molar refractivity (Wildman–Crippen MR) is 122 cm³/mol. The Morgan fingerprint density at radius 1 is 1.36 bits per heavy atom. The Morgan fingerprint density at radius 3 is 2.86 bits per heavy atom. The summed E-state index contributed by atoms with van der Waals surface area (Å²) >= 11 is 0. The molecule has 8 nitrogen and oxygen atoms in total. The molecule has 0 bridgehead atoms. The highest BCUT2D eigenvalue weighted by Gasteiger charge is 2.19. The van der Waals surface area contributed by atoms with Crippen molar-refractivity contribution < 1.29 is 4.42 Å². The van der Waals surface area contributed by atoms with E-state index < -0.39 is 0 Å². The number of likely N-dealkylation sites (tertiary alicyclic amines) is 1. The van der Waals surface area contributed by atoms with Gasteiger partial charge in [0.25, 0.3) is 0 Å². The number of rotatable bonds is 8. The smallest absolute Gasteiger partial charge is 0.216 e. The first-order valence-corrected chi connectivity index (χ1v) is 10.0. The van der Waals surface area contributed by atoms with E-state index in [9.17, 15) is 0 Å². The number of aliphatic imine (C=N–C) groups is 1. The lowest BCUT2D eigenvalue weighted by Gasteiger charge is -2.33. The van der Waals surface area contributed by atoms with Crippen molar-refractivity contribution >= 4 is 29.9 Å². The van der Waals surface area contributed by atoms with Crippen LogP contribution in [0.5, 0.6) is 0 Å². The van der Waals surface area contributed by atoms with Crippen molar-refractivity contribution in [2.24, 2.45) is 4.99 Å². The van der Waals surface area contributed by atoms with Crippen molar-refractivity contribution in [2.45, 2.75) is 52.1 Å². The summed E-state index contributed by atoms with van der Waals surface area (Å²) in [6, 6.07) is 4.13. The molecule has 1 aliphatic rings. The topological polar surface area (TPSA) is 94.4 Å². The molecule has 3 N–H and O–H groups in total. The summed E-state index contributed by atoms with van der Waals surface area (Å²) in [6.45, 7) is 9.14. The Morgan fingerprint density at radius 2 is 2.18 bits per heavy atom. The first kappa shape index (κ1) is 22.7. The van der Waals surface area contributed by atoms with Gasteiger partial charge in [-0.25, -0.2) is 9.98 Å². The molecule has 0 saturated carbocycles. The maximum Gasteiger partial charge on any atom is 0.216 e. The minimum absolute atomic E-state index is 0. The minimum atomic E-state index is 0. The molecule has 0 radical (unpaired) electrons. The molecule has 9 heteroatoms. The molecule has 1 fully saturated rings. The molecule has 0 spiro atoms. The van der Waals surface area contributed by atoms with Crippen LogP contribution in [-0.4, -0.2) is 58.3 Å². The van der Waals surface area contributed by atoms with Gasteiger partial charge in [0.1, 0.15) is 12.4 Å². The van der Waals surface area contributed by atoms with Crippen LogP contribution in [0.25, 0.3) is 11.6 Å². The van der Waals surface area contributed by atoms with Gasteiger partial charge in [0.2, 0.25) is 5.82 Å². The van der Waals surface area contributed by atoms with Gasteiger partial charge >= 0.3 is 0 Å². The quantitative estimate of drug-likeness (QED) is 0.293. The highest BCUT2D eigenvalue weighted by Crippen LogP contribution is 2.14. The summed E-state index contributed by atoms with van der Waals surface area (Å²) in [5.74, 6) is 2.76. The number of furan rings is 1. The molecule has 3 rings (SSSR count). The van der Waals surface area contributed by atoms with Crippen molar-refractivity contribution in [1.82, 2.24) is 30.7 Å². The van der Waals surface area contributed by atoms with Crippen LogP contribution in [0.15, 0.2) is 27.8 Å². The van der Waals surface area contributed by atoms with Crippen LogP contribution in [0, 0.1) is 0 Å². The Balaban J connectivity index is 0.00000280. The fourth-order valence-electron chi connectivity index (χ4n) is 3.23. The predicted octanol–water partition coefficient (Wildman–Crippen LogP) is 3.00. The van der Waals surface area contributed by atoms with Gasteiger partial charge in [-0.15, -0.1) is 29.1 Å². The molecule has 2 aromatic heterocycles. The second-order valence-electron chi connectivity index (χ2n) is 6.89. The van der Waals surface area contributed by atoms with Gasteiger partial charge in [-0.05, 0) is 44.9 Å². The molecule has 0 atom stereocenters. The van der Waals surface area contributed by atoms with Crippen molar-refractivity contribution in [3.8, 4) is 11.6 Å². The normalized spacial score (nSPS) is 16.0. The van der Waals surface area contributed by atoms with E-state index in [0.29, 0.717) is 30.0 Å². The zero-order chi connectivity index (χ0) is 18.9. The number of aromatic nitrogens is 3. The molecule has 0 unspecified atom stereocenters. The van der Waals surface area contributed by atoms with Crippen molar-refractivity contribution in [1.29, 1.82) is 0 Å². The first-order chi connectivity index (χ1) is 13.3. The van der Waals surface area contributed by atoms with Gasteiger partial charge in [0, 0.05) is 25.7 Å². The van der Waals surface area contributed by atoms with E-state index in [1.54, 1.807) is 6.26 Å². The van der Waals surface area contributed by atoms with Crippen LogP contribution in [0.3, 0.4) is 0 Å². The van der Waals surface area contributed by atoms with E-state index in [-0.39, 0.29) is 24.0 Å². The average molecular weight is 501 g/mol. The van der Waals surface area contributed by atoms with Crippen LogP contribution in [-0.2, 0) is 6.54 Å². The molecule has 0 aromatic carbocycles. The fraction of sp³-hybridized carbons (Fsp3) is 0.632. The van der Waals surface area contributed by atoms with Gasteiger partial charge in [-0.3, -0.25) is 5.10 Å². The van der Waals surface area contributed by atoms with Crippen LogP contribution in [0.2, 0.25) is 0 Å². The molecule has 0 aliphatic carbocycles. The summed E-state index contributed by atoms with van der Waals surface area (Å²) in [6.07, 6.45) is 6.47. The second-order valence-corrected chi connectivity index (χ2v) is 6.89. The number of H-pyrrole nitrogens is 1. The van der Waals surface area contributed by atoms with Crippen LogP contribution in [0.4, 0.5) is 0 Å². The van der Waals surface area contributed by atoms with Gasteiger partial charge in [-0.1, -0.05) is 13.3 Å². The molecule has 28 heavy (non-hydrogen) atoms. The number of piperidine rings is 1. The van der Waals surface area contributed by atoms with E-state index in [1.807, 2.05) is 12.1 Å². The number of hydrogen-bond acceptors (Lipinski definition) is 5. The lowest BCUT2D eigenvalue weighted by Crippen LogP contribution is -2.48. The summed E-state index contributed by atoms with van der Waals surface area (Å²) in [7, 11) is 0. The minimum Gasteiger partial charge on any atom is -0.461 e. The molecule has 156 valence electrons. The lowest BCUT2D eigenvalue weighted by atomic mass is 10.0. The SMILES string of the molecule is CCCCN1CCC(NC(=NCc2nc(-c3ccco3)n[nH]2)NCC)CC1.I. The maximum atomic E-state index is 5.32. The zero-order valence-electron chi connectivity index (χ0n) is 16.8. The number of guanidine groups is 1. The Labute approximate surface area is 184 Å². The molecular formula is C19H32IN7O. The summed E-state index contributed by atoms with van der Waals surface area (Å²) < 4.78 is 5.32. The zero-order valence-corrected chi connectivity index (χ0v) is 19.1. The Kier molecular flexibility index (Phi) is 9.76. The number of aromatic amines is 1. The fourth-order valence-corrected chi connectivity index (χ4v) is 3.23. The molecule has 1 saturated heterocycles. The van der Waals surface area contributed by atoms with Gasteiger partial charge < -0.3 is 20.0 Å². The largest absolute Gasteiger partial charge is 0.461 e. The van der Waals surface area contributed by atoms with Crippen LogP contribution in [0.1, 0.15) is 45.4 Å². The number of hydrogen-bond donors (Lipinski definition) is 3. The third-order valence-corrected chi connectivity index (χ3v) is 4.76. The molecule has 3 heterocycles. The van der Waals surface area contributed by atoms with Gasteiger partial charge in [0.15, 0.2) is 11.7 Å². The molecule has 1 aliphatic heterocycles. The van der Waals surface area contributed by atoms with Crippen molar-refractivity contribution in [3.05, 3.63) is 24.2 Å². The third-order valence-electron chi connectivity index (χ3n) is 4.76. The van der Waals surface area contributed by atoms with E-state index in [2.05, 4.69) is 49.6 Å².